The molecule has 0 aliphatic carbocycles. The summed E-state index contributed by atoms with van der Waals surface area (Å²) in [7, 11) is -2.21. The molecule has 0 saturated carbocycles. The van der Waals surface area contributed by atoms with Gasteiger partial charge in [0.2, 0.25) is 0 Å². The van der Waals surface area contributed by atoms with Crippen molar-refractivity contribution in [1.82, 2.24) is 8.54 Å². The van der Waals surface area contributed by atoms with Gasteiger partial charge in [-0.2, -0.15) is 0 Å². The van der Waals surface area contributed by atoms with Crippen molar-refractivity contribution in [3.8, 4) is 0 Å². The molecule has 2 heterocycles. The van der Waals surface area contributed by atoms with Crippen molar-refractivity contribution in [1.29, 1.82) is 0 Å². The molecule has 0 aliphatic rings. The second-order valence-corrected chi connectivity index (χ2v) is 5.67. The predicted octanol–water partition coefficient (Wildman–Crippen LogP) is 1.07. The Morgan fingerprint density at radius 1 is 1.28 bits per heavy atom. The summed E-state index contributed by atoms with van der Waals surface area (Å²) in [6.07, 6.45) is 2.81. The van der Waals surface area contributed by atoms with Crippen LogP contribution in [0.5, 0.6) is 0 Å². The summed E-state index contributed by atoms with van der Waals surface area (Å²) in [6.45, 7) is 1.57. The molecule has 0 spiro atoms. The van der Waals surface area contributed by atoms with Gasteiger partial charge in [0.15, 0.2) is 0 Å². The van der Waals surface area contributed by atoms with E-state index in [0.717, 1.165) is 3.97 Å². The third kappa shape index (κ3) is 1.72. The van der Waals surface area contributed by atoms with Gasteiger partial charge in [0.25, 0.3) is 10.0 Å². The van der Waals surface area contributed by atoms with Crippen molar-refractivity contribution in [3.63, 3.8) is 0 Å². The smallest absolute Gasteiger partial charge is 0.352 e. The van der Waals surface area contributed by atoms with Crippen LogP contribution < -0.4 is 0 Å². The van der Waals surface area contributed by atoms with Crippen LogP contribution in [0, 0.1) is 6.92 Å². The molecule has 0 radical (unpaired) electrons. The van der Waals surface area contributed by atoms with Crippen LogP contribution in [0.4, 0.5) is 0 Å². The van der Waals surface area contributed by atoms with Gasteiger partial charge in [-0.05, 0) is 25.1 Å². The maximum atomic E-state index is 12.3. The summed E-state index contributed by atoms with van der Waals surface area (Å²) in [5.74, 6) is -1.16. The average Bonchev–Trinajstić information content (AvgIpc) is 2.89. The lowest BCUT2D eigenvalue weighted by Gasteiger charge is -2.05. The standard InChI is InChI=1S/C11H12N2O4S/c1-8-10(7-9(11(14)15)12(8)2)18(16,17)13-5-3-4-6-13/h3-7H,1-2H3,(H,14,15). The molecule has 18 heavy (non-hydrogen) atoms. The highest BCUT2D eigenvalue weighted by Crippen LogP contribution is 2.22. The molecule has 0 unspecified atom stereocenters. The van der Waals surface area contributed by atoms with Gasteiger partial charge in [-0.3, -0.25) is 0 Å². The second-order valence-electron chi connectivity index (χ2n) is 3.86. The van der Waals surface area contributed by atoms with E-state index in [2.05, 4.69) is 0 Å². The largest absolute Gasteiger partial charge is 0.477 e. The Hall–Kier alpha value is -2.02. The van der Waals surface area contributed by atoms with Crippen molar-refractivity contribution in [3.05, 3.63) is 42.0 Å². The minimum absolute atomic E-state index is 0.00130. The maximum absolute atomic E-state index is 12.3. The van der Waals surface area contributed by atoms with Crippen LogP contribution in [-0.4, -0.2) is 28.0 Å². The van der Waals surface area contributed by atoms with Crippen LogP contribution in [0.25, 0.3) is 0 Å². The van der Waals surface area contributed by atoms with Gasteiger partial charge in [-0.1, -0.05) is 0 Å². The minimum Gasteiger partial charge on any atom is -0.477 e. The van der Waals surface area contributed by atoms with Crippen molar-refractivity contribution in [2.45, 2.75) is 11.8 Å². The lowest BCUT2D eigenvalue weighted by Crippen LogP contribution is -2.11. The molecule has 2 aromatic rings. The van der Waals surface area contributed by atoms with Crippen LogP contribution in [-0.2, 0) is 17.1 Å². The molecule has 7 heteroatoms. The van der Waals surface area contributed by atoms with E-state index in [9.17, 15) is 13.2 Å². The predicted molar refractivity (Wildman–Crippen MR) is 64.1 cm³/mol. The number of carboxylic acids is 1. The Labute approximate surface area is 104 Å². The molecule has 6 nitrogen and oxygen atoms in total. The van der Waals surface area contributed by atoms with Gasteiger partial charge in [0.05, 0.1) is 0 Å². The van der Waals surface area contributed by atoms with Gasteiger partial charge in [-0.25, -0.2) is 17.2 Å². The number of hydrogen-bond acceptors (Lipinski definition) is 3. The topological polar surface area (TPSA) is 81.3 Å². The zero-order valence-electron chi connectivity index (χ0n) is 9.86. The molecule has 0 aromatic carbocycles. The van der Waals surface area contributed by atoms with Gasteiger partial charge in [0, 0.05) is 25.1 Å². The van der Waals surface area contributed by atoms with Crippen molar-refractivity contribution >= 4 is 16.0 Å². The summed E-state index contributed by atoms with van der Waals surface area (Å²) in [6, 6.07) is 4.36. The first-order chi connectivity index (χ1) is 8.35. The zero-order chi connectivity index (χ0) is 13.5. The number of hydrogen-bond donors (Lipinski definition) is 1. The van der Waals surface area contributed by atoms with E-state index in [1.807, 2.05) is 0 Å². The van der Waals surface area contributed by atoms with E-state index >= 15 is 0 Å². The van der Waals surface area contributed by atoms with E-state index in [1.54, 1.807) is 19.1 Å². The van der Waals surface area contributed by atoms with Crippen molar-refractivity contribution in [2.24, 2.45) is 7.05 Å². The summed E-state index contributed by atoms with van der Waals surface area (Å²) < 4.78 is 26.9. The Bertz CT molecular complexity index is 696. The molecule has 0 aliphatic heterocycles. The zero-order valence-corrected chi connectivity index (χ0v) is 10.7. The molecule has 96 valence electrons. The van der Waals surface area contributed by atoms with E-state index in [0.29, 0.717) is 5.69 Å². The van der Waals surface area contributed by atoms with E-state index < -0.39 is 16.0 Å². The number of carbonyl (C=O) groups is 1. The highest BCUT2D eigenvalue weighted by atomic mass is 32.2. The number of nitrogens with zero attached hydrogens (tertiary/aromatic N) is 2. The number of rotatable bonds is 3. The fourth-order valence-corrected chi connectivity index (χ4v) is 3.19. The lowest BCUT2D eigenvalue weighted by atomic mass is 10.4. The molecule has 1 N–H and O–H groups in total. The SMILES string of the molecule is Cc1c(S(=O)(=O)n2cccc2)cc(C(=O)O)n1C. The second kappa shape index (κ2) is 4.02. The minimum atomic E-state index is -3.73. The molecule has 0 fully saturated rings. The summed E-state index contributed by atoms with van der Waals surface area (Å²) in [5.41, 5.74) is 0.333. The molecule has 2 aromatic heterocycles. The van der Waals surface area contributed by atoms with Gasteiger partial charge < -0.3 is 9.67 Å². The molecule has 0 bridgehead atoms. The number of aromatic carboxylic acids is 1. The summed E-state index contributed by atoms with van der Waals surface area (Å²) in [4.78, 5) is 11.0. The van der Waals surface area contributed by atoms with E-state index in [-0.39, 0.29) is 10.6 Å². The Morgan fingerprint density at radius 2 is 1.83 bits per heavy atom. The Kier molecular flexibility index (Phi) is 2.78. The van der Waals surface area contributed by atoms with Crippen molar-refractivity contribution in [2.75, 3.05) is 0 Å². The number of aromatic nitrogens is 2. The fraction of sp³-hybridized carbons (Fsp3) is 0.182. The molecule has 0 saturated heterocycles. The van der Waals surface area contributed by atoms with Gasteiger partial charge in [0.1, 0.15) is 10.6 Å². The summed E-state index contributed by atoms with van der Waals surface area (Å²) in [5, 5.41) is 8.98. The monoisotopic (exact) mass is 268 g/mol. The first kappa shape index (κ1) is 12.4. The van der Waals surface area contributed by atoms with Crippen LogP contribution in [0.2, 0.25) is 0 Å². The highest BCUT2D eigenvalue weighted by Gasteiger charge is 2.24. The molecular formula is C11H12N2O4S. The van der Waals surface area contributed by atoms with Crippen molar-refractivity contribution < 1.29 is 18.3 Å². The highest BCUT2D eigenvalue weighted by molar-refractivity contribution is 7.90. The van der Waals surface area contributed by atoms with Gasteiger partial charge >= 0.3 is 5.97 Å². The molecule has 0 amide bonds. The normalized spacial score (nSPS) is 11.7. The fourth-order valence-electron chi connectivity index (χ4n) is 1.73. The third-order valence-corrected chi connectivity index (χ3v) is 4.61. The first-order valence-electron chi connectivity index (χ1n) is 5.14. The average molecular weight is 268 g/mol. The Balaban J connectivity index is 2.67. The molecule has 2 rings (SSSR count). The quantitative estimate of drug-likeness (QED) is 0.902. The Morgan fingerprint density at radius 3 is 2.28 bits per heavy atom. The summed E-state index contributed by atoms with van der Waals surface area (Å²) >= 11 is 0. The van der Waals surface area contributed by atoms with Crippen LogP contribution in [0.3, 0.4) is 0 Å². The number of carboxylic acid groups (broad SMARTS) is 1. The van der Waals surface area contributed by atoms with Gasteiger partial charge in [-0.15, -0.1) is 0 Å². The third-order valence-electron chi connectivity index (χ3n) is 2.84. The van der Waals surface area contributed by atoms with Crippen LogP contribution in [0.15, 0.2) is 35.5 Å². The van der Waals surface area contributed by atoms with Crippen LogP contribution in [0.1, 0.15) is 16.2 Å². The first-order valence-corrected chi connectivity index (χ1v) is 6.58. The molecular weight excluding hydrogens is 256 g/mol. The van der Waals surface area contributed by atoms with E-state index in [1.165, 1.54) is 30.1 Å². The maximum Gasteiger partial charge on any atom is 0.352 e. The van der Waals surface area contributed by atoms with Crippen LogP contribution >= 0.6 is 0 Å². The lowest BCUT2D eigenvalue weighted by molar-refractivity contribution is 0.0686. The van der Waals surface area contributed by atoms with E-state index in [4.69, 9.17) is 5.11 Å². The molecule has 0 atom stereocenters.